The molecule has 0 N–H and O–H groups in total. The van der Waals surface area contributed by atoms with E-state index in [1.54, 1.807) is 6.20 Å². The molecular formula is C18H17N7. The molecule has 0 aliphatic carbocycles. The number of imidazole rings is 2. The zero-order valence-corrected chi connectivity index (χ0v) is 14.1. The molecular weight excluding hydrogens is 314 g/mol. The fourth-order valence-corrected chi connectivity index (χ4v) is 3.36. The lowest BCUT2D eigenvalue weighted by Crippen LogP contribution is -2.07. The summed E-state index contributed by atoms with van der Waals surface area (Å²) in [6.07, 6.45) is 5.63. The average Bonchev–Trinajstić information content (AvgIpc) is 3.28. The summed E-state index contributed by atoms with van der Waals surface area (Å²) in [4.78, 5) is 13.6. The summed E-state index contributed by atoms with van der Waals surface area (Å²) in [5.41, 5.74) is 4.32. The van der Waals surface area contributed by atoms with Crippen molar-refractivity contribution in [3.8, 4) is 17.1 Å². The van der Waals surface area contributed by atoms with Gasteiger partial charge < -0.3 is 9.13 Å². The molecule has 1 aliphatic rings. The van der Waals surface area contributed by atoms with Crippen LogP contribution in [0.25, 0.3) is 17.1 Å². The van der Waals surface area contributed by atoms with E-state index in [0.29, 0.717) is 13.1 Å². The first-order valence-electron chi connectivity index (χ1n) is 8.25. The third kappa shape index (κ3) is 2.12. The van der Waals surface area contributed by atoms with Crippen molar-refractivity contribution in [3.63, 3.8) is 0 Å². The van der Waals surface area contributed by atoms with Gasteiger partial charge in [0.1, 0.15) is 5.82 Å². The molecule has 1 aromatic carbocycles. The molecule has 4 heterocycles. The summed E-state index contributed by atoms with van der Waals surface area (Å²) in [7, 11) is 0. The highest BCUT2D eigenvalue weighted by Crippen LogP contribution is 2.31. The van der Waals surface area contributed by atoms with E-state index in [1.165, 1.54) is 0 Å². The Morgan fingerprint density at radius 3 is 2.84 bits per heavy atom. The lowest BCUT2D eigenvalue weighted by atomic mass is 10.1. The van der Waals surface area contributed by atoms with Crippen molar-refractivity contribution in [2.75, 3.05) is 0 Å². The number of hydrogen-bond acceptors (Lipinski definition) is 4. The lowest BCUT2D eigenvalue weighted by Gasteiger charge is -2.07. The monoisotopic (exact) mass is 331 g/mol. The summed E-state index contributed by atoms with van der Waals surface area (Å²) >= 11 is 0. The van der Waals surface area contributed by atoms with Gasteiger partial charge >= 0.3 is 0 Å². The zero-order chi connectivity index (χ0) is 17.0. The standard InChI is InChI=1S/C18H17N7/c1-12-16-9-25-18(14-5-3-4-6-15(14)24(16)11-20-12)21-17(22-25)10-23-8-7-19-13(23)2/h3-8,11H,9-10H2,1-2H3. The Bertz CT molecular complexity index is 1080. The van der Waals surface area contributed by atoms with Gasteiger partial charge in [-0.3, -0.25) is 0 Å². The number of aromatic nitrogens is 7. The van der Waals surface area contributed by atoms with Crippen LogP contribution in [-0.2, 0) is 13.1 Å². The number of aryl methyl sites for hydroxylation is 2. The maximum Gasteiger partial charge on any atom is 0.171 e. The molecule has 0 fully saturated rings. The number of fused-ring (bicyclic) bond motifs is 5. The molecule has 0 saturated carbocycles. The number of nitrogens with zero attached hydrogens (tertiary/aromatic N) is 7. The van der Waals surface area contributed by atoms with Gasteiger partial charge in [0.05, 0.1) is 36.5 Å². The van der Waals surface area contributed by atoms with E-state index in [1.807, 2.05) is 43.2 Å². The van der Waals surface area contributed by atoms with E-state index in [-0.39, 0.29) is 0 Å². The van der Waals surface area contributed by atoms with Gasteiger partial charge in [0, 0.05) is 18.0 Å². The largest absolute Gasteiger partial charge is 0.327 e. The first-order chi connectivity index (χ1) is 12.2. The van der Waals surface area contributed by atoms with E-state index < -0.39 is 0 Å². The minimum Gasteiger partial charge on any atom is -0.327 e. The van der Waals surface area contributed by atoms with E-state index >= 15 is 0 Å². The van der Waals surface area contributed by atoms with Crippen molar-refractivity contribution in [1.82, 2.24) is 33.9 Å². The van der Waals surface area contributed by atoms with Crippen molar-refractivity contribution in [2.24, 2.45) is 0 Å². The van der Waals surface area contributed by atoms with E-state index in [9.17, 15) is 0 Å². The summed E-state index contributed by atoms with van der Waals surface area (Å²) < 4.78 is 6.17. The van der Waals surface area contributed by atoms with Crippen LogP contribution in [0.3, 0.4) is 0 Å². The highest BCUT2D eigenvalue weighted by molar-refractivity contribution is 5.69. The third-order valence-electron chi connectivity index (χ3n) is 4.73. The van der Waals surface area contributed by atoms with E-state index in [2.05, 4.69) is 31.2 Å². The Morgan fingerprint density at radius 1 is 1.12 bits per heavy atom. The molecule has 0 radical (unpaired) electrons. The van der Waals surface area contributed by atoms with Crippen molar-refractivity contribution in [3.05, 3.63) is 66.0 Å². The van der Waals surface area contributed by atoms with Gasteiger partial charge in [-0.05, 0) is 26.0 Å². The SMILES string of the molecule is Cc1ncn2c1Cn1nc(Cn3ccnc3C)nc1-c1ccccc1-2. The van der Waals surface area contributed by atoms with Crippen LogP contribution in [-0.4, -0.2) is 33.9 Å². The Hall–Kier alpha value is -3.22. The summed E-state index contributed by atoms with van der Waals surface area (Å²) in [6, 6.07) is 8.27. The van der Waals surface area contributed by atoms with Gasteiger partial charge in [0.25, 0.3) is 0 Å². The minimum atomic E-state index is 0.617. The normalized spacial score (nSPS) is 12.4. The molecule has 0 saturated heterocycles. The zero-order valence-electron chi connectivity index (χ0n) is 14.1. The van der Waals surface area contributed by atoms with Crippen LogP contribution in [0.5, 0.6) is 0 Å². The molecule has 4 aromatic rings. The molecule has 7 heteroatoms. The van der Waals surface area contributed by atoms with Crippen LogP contribution >= 0.6 is 0 Å². The second kappa shape index (κ2) is 5.14. The topological polar surface area (TPSA) is 66.3 Å². The molecule has 0 spiro atoms. The quantitative estimate of drug-likeness (QED) is 0.498. The van der Waals surface area contributed by atoms with E-state index in [0.717, 1.165) is 40.1 Å². The predicted molar refractivity (Wildman–Crippen MR) is 92.5 cm³/mol. The number of hydrogen-bond donors (Lipinski definition) is 0. The summed E-state index contributed by atoms with van der Waals surface area (Å²) in [5.74, 6) is 2.64. The fourth-order valence-electron chi connectivity index (χ4n) is 3.36. The van der Waals surface area contributed by atoms with Crippen molar-refractivity contribution >= 4 is 0 Å². The molecule has 1 aliphatic heterocycles. The van der Waals surface area contributed by atoms with Crippen LogP contribution < -0.4 is 0 Å². The summed E-state index contributed by atoms with van der Waals surface area (Å²) in [5, 5.41) is 4.76. The third-order valence-corrected chi connectivity index (χ3v) is 4.73. The van der Waals surface area contributed by atoms with Gasteiger partial charge in [-0.2, -0.15) is 5.10 Å². The molecule has 0 unspecified atom stereocenters. The van der Waals surface area contributed by atoms with Gasteiger partial charge in [0.15, 0.2) is 11.6 Å². The Morgan fingerprint density at radius 2 is 2.00 bits per heavy atom. The molecule has 7 nitrogen and oxygen atoms in total. The van der Waals surface area contributed by atoms with Crippen LogP contribution in [0.2, 0.25) is 0 Å². The van der Waals surface area contributed by atoms with Gasteiger partial charge in [-0.15, -0.1) is 0 Å². The second-order valence-corrected chi connectivity index (χ2v) is 6.28. The van der Waals surface area contributed by atoms with Crippen molar-refractivity contribution < 1.29 is 0 Å². The summed E-state index contributed by atoms with van der Waals surface area (Å²) in [6.45, 7) is 5.29. The minimum absolute atomic E-state index is 0.617. The first-order valence-corrected chi connectivity index (χ1v) is 8.25. The Kier molecular flexibility index (Phi) is 2.91. The van der Waals surface area contributed by atoms with Gasteiger partial charge in [0.2, 0.25) is 0 Å². The van der Waals surface area contributed by atoms with Crippen LogP contribution in [0, 0.1) is 13.8 Å². The highest BCUT2D eigenvalue weighted by atomic mass is 15.4. The maximum absolute atomic E-state index is 4.83. The highest BCUT2D eigenvalue weighted by Gasteiger charge is 2.23. The first kappa shape index (κ1) is 14.2. The number of para-hydroxylation sites is 1. The smallest absolute Gasteiger partial charge is 0.171 e. The van der Waals surface area contributed by atoms with Crippen LogP contribution in [0.4, 0.5) is 0 Å². The number of rotatable bonds is 2. The van der Waals surface area contributed by atoms with Gasteiger partial charge in [-0.25, -0.2) is 19.6 Å². The molecule has 0 atom stereocenters. The average molecular weight is 331 g/mol. The van der Waals surface area contributed by atoms with Crippen molar-refractivity contribution in [1.29, 1.82) is 0 Å². The second-order valence-electron chi connectivity index (χ2n) is 6.28. The van der Waals surface area contributed by atoms with Crippen LogP contribution in [0.1, 0.15) is 23.0 Å². The van der Waals surface area contributed by atoms with Gasteiger partial charge in [-0.1, -0.05) is 12.1 Å². The van der Waals surface area contributed by atoms with Crippen LogP contribution in [0.15, 0.2) is 43.0 Å². The molecule has 25 heavy (non-hydrogen) atoms. The fraction of sp³-hybridized carbons (Fsp3) is 0.222. The molecule has 5 rings (SSSR count). The molecule has 0 bridgehead atoms. The predicted octanol–water partition coefficient (Wildman–Crippen LogP) is 2.35. The molecule has 3 aromatic heterocycles. The molecule has 0 amide bonds. The Balaban J connectivity index is 1.67. The lowest BCUT2D eigenvalue weighted by molar-refractivity contribution is 0.643. The number of benzene rings is 1. The maximum atomic E-state index is 4.83. The van der Waals surface area contributed by atoms with E-state index in [4.69, 9.17) is 10.1 Å². The molecule has 124 valence electrons. The van der Waals surface area contributed by atoms with Crippen molar-refractivity contribution in [2.45, 2.75) is 26.9 Å². The Labute approximate surface area is 144 Å².